The van der Waals surface area contributed by atoms with Crippen molar-refractivity contribution in [2.45, 2.75) is 19.9 Å². The molecular weight excluding hydrogens is 106 g/mol. The molecule has 0 aliphatic carbocycles. The zero-order chi connectivity index (χ0) is 6.57. The standard InChI is InChI=1S/C5H10NO2/c1-4(3-7)6-5(2)8/h4H,3H2,1-2H3,(H,6,8)/t4-/m0/s1. The smallest absolute Gasteiger partial charge is 0.217 e. The van der Waals surface area contributed by atoms with E-state index in [4.69, 9.17) is 0 Å². The van der Waals surface area contributed by atoms with Crippen LogP contribution in [0.25, 0.3) is 0 Å². The monoisotopic (exact) mass is 116 g/mol. The van der Waals surface area contributed by atoms with Crippen LogP contribution in [0.4, 0.5) is 0 Å². The van der Waals surface area contributed by atoms with Crippen LogP contribution in [0.3, 0.4) is 0 Å². The number of carbonyl (C=O) groups excluding carboxylic acids is 1. The van der Waals surface area contributed by atoms with Crippen LogP contribution in [-0.4, -0.2) is 18.6 Å². The molecule has 0 aromatic carbocycles. The van der Waals surface area contributed by atoms with E-state index in [2.05, 4.69) is 5.32 Å². The predicted octanol–water partition coefficient (Wildman–Crippen LogP) is -0.0585. The summed E-state index contributed by atoms with van der Waals surface area (Å²) in [6, 6.07) is -0.229. The van der Waals surface area contributed by atoms with Crippen molar-refractivity contribution < 1.29 is 9.90 Å². The highest BCUT2D eigenvalue weighted by atomic mass is 16.3. The van der Waals surface area contributed by atoms with E-state index in [1.807, 2.05) is 0 Å². The summed E-state index contributed by atoms with van der Waals surface area (Å²) in [4.78, 5) is 10.2. The molecule has 1 radical (unpaired) electrons. The van der Waals surface area contributed by atoms with Gasteiger partial charge in [-0.15, -0.1) is 0 Å². The molecule has 47 valence electrons. The first kappa shape index (κ1) is 7.43. The fraction of sp³-hybridized carbons (Fsp3) is 0.800. The van der Waals surface area contributed by atoms with Gasteiger partial charge >= 0.3 is 0 Å². The fourth-order valence-electron chi connectivity index (χ4n) is 0.389. The molecule has 1 amide bonds. The van der Waals surface area contributed by atoms with Crippen molar-refractivity contribution >= 4 is 5.91 Å². The molecule has 0 saturated carbocycles. The molecule has 1 N–H and O–H groups in total. The third-order valence-corrected chi connectivity index (χ3v) is 0.700. The van der Waals surface area contributed by atoms with Gasteiger partial charge in [0.05, 0.1) is 6.04 Å². The van der Waals surface area contributed by atoms with Gasteiger partial charge in [-0.3, -0.25) is 4.79 Å². The van der Waals surface area contributed by atoms with Crippen LogP contribution in [0.2, 0.25) is 0 Å². The molecule has 0 bridgehead atoms. The maximum atomic E-state index is 10.2. The third kappa shape index (κ3) is 3.61. The molecule has 3 nitrogen and oxygen atoms in total. The Morgan fingerprint density at radius 1 is 1.75 bits per heavy atom. The largest absolute Gasteiger partial charge is 0.351 e. The molecule has 0 heterocycles. The lowest BCUT2D eigenvalue weighted by Gasteiger charge is -2.05. The van der Waals surface area contributed by atoms with Crippen molar-refractivity contribution in [2.75, 3.05) is 6.61 Å². The minimum absolute atomic E-state index is 0.145. The summed E-state index contributed by atoms with van der Waals surface area (Å²) in [6.45, 7) is 2.82. The van der Waals surface area contributed by atoms with Gasteiger partial charge in [0.2, 0.25) is 5.91 Å². The lowest BCUT2D eigenvalue weighted by atomic mass is 10.4. The molecule has 0 aliphatic heterocycles. The van der Waals surface area contributed by atoms with E-state index >= 15 is 0 Å². The van der Waals surface area contributed by atoms with Crippen LogP contribution in [0, 0.1) is 0 Å². The second-order valence-electron chi connectivity index (χ2n) is 1.77. The van der Waals surface area contributed by atoms with Gasteiger partial charge in [0, 0.05) is 6.92 Å². The Bertz CT molecular complexity index is 82.5. The van der Waals surface area contributed by atoms with Crippen LogP contribution < -0.4 is 5.32 Å². The molecular formula is C5H10NO2. The summed E-state index contributed by atoms with van der Waals surface area (Å²) in [7, 11) is 0. The number of nitrogens with one attached hydrogen (secondary N) is 1. The molecule has 0 aromatic rings. The molecule has 0 aliphatic rings. The predicted molar refractivity (Wildman–Crippen MR) is 28.8 cm³/mol. The molecule has 1 atom stereocenters. The molecule has 0 rings (SSSR count). The van der Waals surface area contributed by atoms with Crippen molar-refractivity contribution in [1.82, 2.24) is 5.32 Å². The highest BCUT2D eigenvalue weighted by Gasteiger charge is 1.98. The lowest BCUT2D eigenvalue weighted by molar-refractivity contribution is -0.119. The van der Waals surface area contributed by atoms with Crippen LogP contribution in [0.15, 0.2) is 0 Å². The van der Waals surface area contributed by atoms with E-state index in [0.717, 1.165) is 0 Å². The van der Waals surface area contributed by atoms with Gasteiger partial charge in [0.15, 0.2) is 0 Å². The van der Waals surface area contributed by atoms with Gasteiger partial charge in [-0.2, -0.15) is 0 Å². The van der Waals surface area contributed by atoms with Crippen LogP contribution in [0.1, 0.15) is 13.8 Å². The second kappa shape index (κ2) is 3.43. The summed E-state index contributed by atoms with van der Waals surface area (Å²) in [5.41, 5.74) is 0. The van der Waals surface area contributed by atoms with E-state index in [1.165, 1.54) is 6.92 Å². The van der Waals surface area contributed by atoms with Gasteiger partial charge in [-0.1, -0.05) is 0 Å². The molecule has 0 aromatic heterocycles. The number of carbonyl (C=O) groups is 1. The molecule has 3 heteroatoms. The number of hydrogen-bond acceptors (Lipinski definition) is 1. The van der Waals surface area contributed by atoms with Crippen LogP contribution >= 0.6 is 0 Å². The van der Waals surface area contributed by atoms with Crippen molar-refractivity contribution in [1.29, 1.82) is 0 Å². The van der Waals surface area contributed by atoms with Crippen molar-refractivity contribution in [3.05, 3.63) is 0 Å². The zero-order valence-electron chi connectivity index (χ0n) is 5.10. The highest BCUT2D eigenvalue weighted by molar-refractivity contribution is 5.73. The van der Waals surface area contributed by atoms with E-state index < -0.39 is 0 Å². The number of hydrogen-bond donors (Lipinski definition) is 1. The molecule has 0 unspecified atom stereocenters. The Balaban J connectivity index is 3.24. The Morgan fingerprint density at radius 2 is 2.25 bits per heavy atom. The van der Waals surface area contributed by atoms with Crippen molar-refractivity contribution in [3.63, 3.8) is 0 Å². The minimum Gasteiger partial charge on any atom is -0.351 e. The summed E-state index contributed by atoms with van der Waals surface area (Å²) < 4.78 is 0. The van der Waals surface area contributed by atoms with E-state index in [1.54, 1.807) is 6.92 Å². The summed E-state index contributed by atoms with van der Waals surface area (Å²) in [6.07, 6.45) is 0. The number of amides is 1. The van der Waals surface area contributed by atoms with Gasteiger partial charge in [0.1, 0.15) is 6.61 Å². The Morgan fingerprint density at radius 3 is 2.38 bits per heavy atom. The maximum Gasteiger partial charge on any atom is 0.217 e. The SMILES string of the molecule is CC(=O)N[C@@H](C)C[O]. The van der Waals surface area contributed by atoms with Crippen molar-refractivity contribution in [2.24, 2.45) is 0 Å². The minimum atomic E-state index is -0.250. The Labute approximate surface area is 48.7 Å². The summed E-state index contributed by atoms with van der Waals surface area (Å²) >= 11 is 0. The van der Waals surface area contributed by atoms with E-state index in [-0.39, 0.29) is 18.6 Å². The third-order valence-electron chi connectivity index (χ3n) is 0.700. The maximum absolute atomic E-state index is 10.2. The summed E-state index contributed by atoms with van der Waals surface area (Å²) in [5, 5.41) is 12.4. The van der Waals surface area contributed by atoms with Crippen LogP contribution in [-0.2, 0) is 9.90 Å². The van der Waals surface area contributed by atoms with Gasteiger partial charge in [-0.05, 0) is 6.92 Å². The topological polar surface area (TPSA) is 49.0 Å². The van der Waals surface area contributed by atoms with Crippen LogP contribution in [0.5, 0.6) is 0 Å². The molecule has 8 heavy (non-hydrogen) atoms. The first-order valence-corrected chi connectivity index (χ1v) is 2.52. The number of rotatable bonds is 2. The second-order valence-corrected chi connectivity index (χ2v) is 1.77. The van der Waals surface area contributed by atoms with Gasteiger partial charge in [-0.25, -0.2) is 5.11 Å². The average molecular weight is 116 g/mol. The first-order valence-electron chi connectivity index (χ1n) is 2.52. The van der Waals surface area contributed by atoms with E-state index in [9.17, 15) is 9.90 Å². The van der Waals surface area contributed by atoms with Gasteiger partial charge < -0.3 is 5.32 Å². The first-order chi connectivity index (χ1) is 3.66. The Kier molecular flexibility index (Phi) is 3.19. The quantitative estimate of drug-likeness (QED) is 0.540. The molecule has 0 spiro atoms. The van der Waals surface area contributed by atoms with E-state index in [0.29, 0.717) is 0 Å². The fourth-order valence-corrected chi connectivity index (χ4v) is 0.389. The molecule has 0 saturated heterocycles. The Hall–Kier alpha value is -0.570. The van der Waals surface area contributed by atoms with Gasteiger partial charge in [0.25, 0.3) is 0 Å². The zero-order valence-corrected chi connectivity index (χ0v) is 5.10. The lowest BCUT2D eigenvalue weighted by Crippen LogP contribution is -2.32. The molecule has 0 fully saturated rings. The highest BCUT2D eigenvalue weighted by Crippen LogP contribution is 1.76. The van der Waals surface area contributed by atoms with Crippen molar-refractivity contribution in [3.8, 4) is 0 Å². The normalized spacial score (nSPS) is 12.9. The summed E-state index contributed by atoms with van der Waals surface area (Å²) in [5.74, 6) is -0.145. The average Bonchev–Trinajstić information content (AvgIpc) is 1.65.